The van der Waals surface area contributed by atoms with Crippen LogP contribution in [0.15, 0.2) is 34.8 Å². The van der Waals surface area contributed by atoms with E-state index >= 15 is 0 Å². The van der Waals surface area contributed by atoms with Gasteiger partial charge in [-0.1, -0.05) is 6.07 Å². The Labute approximate surface area is 125 Å². The molecule has 0 heterocycles. The average Bonchev–Trinajstić information content (AvgIpc) is 2.38. The molecule has 3 nitrogen and oxygen atoms in total. The minimum absolute atomic E-state index is 0.239. The summed E-state index contributed by atoms with van der Waals surface area (Å²) >= 11 is 3.24. The molecular weight excluding hydrogens is 323 g/mol. The summed E-state index contributed by atoms with van der Waals surface area (Å²) in [6.07, 6.45) is 0. The van der Waals surface area contributed by atoms with E-state index in [9.17, 15) is 9.18 Å². The zero-order valence-electron chi connectivity index (χ0n) is 11.1. The summed E-state index contributed by atoms with van der Waals surface area (Å²) in [6, 6.07) is 7.57. The summed E-state index contributed by atoms with van der Waals surface area (Å²) < 4.78 is 13.8. The van der Waals surface area contributed by atoms with Crippen LogP contribution in [0.2, 0.25) is 0 Å². The van der Waals surface area contributed by atoms with E-state index in [1.165, 1.54) is 18.2 Å². The highest BCUT2D eigenvalue weighted by molar-refractivity contribution is 9.10. The summed E-state index contributed by atoms with van der Waals surface area (Å²) in [5.74, 6) is -0.846. The second kappa shape index (κ2) is 5.63. The standard InChI is InChI=1S/C15H14BrFN2O/c1-8-5-9(2)14(7-13(8)18)19-15(20)11-6-10(17)3-4-12(11)16/h3-7H,18H2,1-2H3,(H,19,20). The minimum atomic E-state index is -0.460. The van der Waals surface area contributed by atoms with Crippen molar-refractivity contribution in [2.24, 2.45) is 0 Å². The molecule has 0 atom stereocenters. The molecule has 0 saturated carbocycles. The highest BCUT2D eigenvalue weighted by Crippen LogP contribution is 2.24. The van der Waals surface area contributed by atoms with Gasteiger partial charge in [0.05, 0.1) is 5.56 Å². The van der Waals surface area contributed by atoms with Crippen molar-refractivity contribution in [3.05, 3.63) is 57.3 Å². The summed E-state index contributed by atoms with van der Waals surface area (Å²) in [5, 5.41) is 2.75. The Morgan fingerprint density at radius 1 is 1.20 bits per heavy atom. The van der Waals surface area contributed by atoms with E-state index in [1.54, 1.807) is 6.07 Å². The Hall–Kier alpha value is -1.88. The number of nitrogen functional groups attached to an aromatic ring is 1. The van der Waals surface area contributed by atoms with E-state index < -0.39 is 5.82 Å². The molecule has 0 aliphatic rings. The van der Waals surface area contributed by atoms with Crippen LogP contribution in [-0.2, 0) is 0 Å². The van der Waals surface area contributed by atoms with Gasteiger partial charge in [-0.05, 0) is 65.2 Å². The molecule has 2 rings (SSSR count). The predicted octanol–water partition coefficient (Wildman–Crippen LogP) is 4.04. The Kier molecular flexibility index (Phi) is 4.09. The lowest BCUT2D eigenvalue weighted by atomic mass is 10.1. The van der Waals surface area contributed by atoms with Crippen LogP contribution >= 0.6 is 15.9 Å². The van der Waals surface area contributed by atoms with Gasteiger partial charge in [0.15, 0.2) is 0 Å². The van der Waals surface area contributed by atoms with E-state index in [2.05, 4.69) is 21.2 Å². The Morgan fingerprint density at radius 3 is 2.60 bits per heavy atom. The maximum Gasteiger partial charge on any atom is 0.256 e. The molecule has 0 fully saturated rings. The van der Waals surface area contributed by atoms with Gasteiger partial charge in [-0.25, -0.2) is 4.39 Å². The maximum atomic E-state index is 13.2. The summed E-state index contributed by atoms with van der Waals surface area (Å²) in [7, 11) is 0. The minimum Gasteiger partial charge on any atom is -0.398 e. The first-order valence-corrected chi connectivity index (χ1v) is 6.81. The number of hydrogen-bond donors (Lipinski definition) is 2. The Bertz CT molecular complexity index is 686. The molecule has 0 saturated heterocycles. The van der Waals surface area contributed by atoms with Crippen LogP contribution in [0.1, 0.15) is 21.5 Å². The van der Waals surface area contributed by atoms with Crippen LogP contribution in [-0.4, -0.2) is 5.91 Å². The van der Waals surface area contributed by atoms with E-state index in [-0.39, 0.29) is 11.5 Å². The Balaban J connectivity index is 2.32. The van der Waals surface area contributed by atoms with Crippen molar-refractivity contribution in [3.8, 4) is 0 Å². The molecule has 0 aromatic heterocycles. The van der Waals surface area contributed by atoms with Crippen LogP contribution in [0.4, 0.5) is 15.8 Å². The van der Waals surface area contributed by atoms with Gasteiger partial charge < -0.3 is 11.1 Å². The highest BCUT2D eigenvalue weighted by atomic mass is 79.9. The lowest BCUT2D eigenvalue weighted by Gasteiger charge is -2.12. The van der Waals surface area contributed by atoms with Crippen molar-refractivity contribution in [2.45, 2.75) is 13.8 Å². The van der Waals surface area contributed by atoms with Gasteiger partial charge in [0.1, 0.15) is 5.82 Å². The van der Waals surface area contributed by atoms with E-state index in [4.69, 9.17) is 5.73 Å². The molecule has 2 aromatic rings. The lowest BCUT2D eigenvalue weighted by molar-refractivity contribution is 0.102. The molecule has 0 radical (unpaired) electrons. The number of aryl methyl sites for hydroxylation is 2. The zero-order valence-corrected chi connectivity index (χ0v) is 12.7. The van der Waals surface area contributed by atoms with Gasteiger partial charge in [0, 0.05) is 15.8 Å². The van der Waals surface area contributed by atoms with Gasteiger partial charge >= 0.3 is 0 Å². The molecule has 3 N–H and O–H groups in total. The average molecular weight is 337 g/mol. The normalized spacial score (nSPS) is 10.4. The molecule has 0 aliphatic heterocycles. The summed E-state index contributed by atoms with van der Waals surface area (Å²) in [4.78, 5) is 12.2. The van der Waals surface area contributed by atoms with Crippen molar-refractivity contribution in [1.82, 2.24) is 0 Å². The van der Waals surface area contributed by atoms with Gasteiger partial charge in [-0.3, -0.25) is 4.79 Å². The largest absolute Gasteiger partial charge is 0.398 e. The number of amides is 1. The molecule has 20 heavy (non-hydrogen) atoms. The number of halogens is 2. The predicted molar refractivity (Wildman–Crippen MR) is 82.4 cm³/mol. The molecule has 2 aromatic carbocycles. The number of nitrogens with one attached hydrogen (secondary N) is 1. The zero-order chi connectivity index (χ0) is 14.9. The number of hydrogen-bond acceptors (Lipinski definition) is 2. The fourth-order valence-electron chi connectivity index (χ4n) is 1.86. The van der Waals surface area contributed by atoms with Gasteiger partial charge in [-0.15, -0.1) is 0 Å². The molecule has 0 aliphatic carbocycles. The summed E-state index contributed by atoms with van der Waals surface area (Å²) in [6.45, 7) is 3.78. The Morgan fingerprint density at radius 2 is 1.90 bits per heavy atom. The molecule has 0 unspecified atom stereocenters. The third kappa shape index (κ3) is 2.99. The third-order valence-electron chi connectivity index (χ3n) is 3.03. The van der Waals surface area contributed by atoms with Crippen molar-refractivity contribution in [3.63, 3.8) is 0 Å². The van der Waals surface area contributed by atoms with E-state index in [0.29, 0.717) is 15.8 Å². The number of carbonyl (C=O) groups excluding carboxylic acids is 1. The number of carbonyl (C=O) groups is 1. The van der Waals surface area contributed by atoms with Crippen LogP contribution in [0, 0.1) is 19.7 Å². The SMILES string of the molecule is Cc1cc(C)c(NC(=O)c2cc(F)ccc2Br)cc1N. The fraction of sp³-hybridized carbons (Fsp3) is 0.133. The molecule has 104 valence electrons. The van der Waals surface area contributed by atoms with Crippen molar-refractivity contribution < 1.29 is 9.18 Å². The van der Waals surface area contributed by atoms with E-state index in [1.807, 2.05) is 19.9 Å². The highest BCUT2D eigenvalue weighted by Gasteiger charge is 2.13. The molecular formula is C15H14BrFN2O. The number of anilines is 2. The van der Waals surface area contributed by atoms with Gasteiger partial charge in [-0.2, -0.15) is 0 Å². The van der Waals surface area contributed by atoms with E-state index in [0.717, 1.165) is 11.1 Å². The van der Waals surface area contributed by atoms with Crippen molar-refractivity contribution >= 4 is 33.2 Å². The van der Waals surface area contributed by atoms with Crippen molar-refractivity contribution in [1.29, 1.82) is 0 Å². The second-order valence-corrected chi connectivity index (χ2v) is 5.46. The van der Waals surface area contributed by atoms with Crippen molar-refractivity contribution in [2.75, 3.05) is 11.1 Å². The first-order valence-electron chi connectivity index (χ1n) is 6.01. The molecule has 1 amide bonds. The number of benzene rings is 2. The smallest absolute Gasteiger partial charge is 0.256 e. The molecule has 5 heteroatoms. The molecule has 0 spiro atoms. The number of nitrogens with two attached hydrogens (primary N) is 1. The quantitative estimate of drug-likeness (QED) is 0.813. The summed E-state index contributed by atoms with van der Waals surface area (Å²) in [5.41, 5.74) is 9.15. The van der Waals surface area contributed by atoms with Gasteiger partial charge in [0.25, 0.3) is 5.91 Å². The first kappa shape index (κ1) is 14.5. The third-order valence-corrected chi connectivity index (χ3v) is 3.73. The monoisotopic (exact) mass is 336 g/mol. The first-order chi connectivity index (χ1) is 9.38. The second-order valence-electron chi connectivity index (χ2n) is 4.60. The number of rotatable bonds is 2. The molecule has 0 bridgehead atoms. The van der Waals surface area contributed by atoms with Crippen LogP contribution in [0.25, 0.3) is 0 Å². The van der Waals surface area contributed by atoms with Crippen LogP contribution in [0.5, 0.6) is 0 Å². The van der Waals surface area contributed by atoms with Crippen LogP contribution < -0.4 is 11.1 Å². The lowest BCUT2D eigenvalue weighted by Crippen LogP contribution is -2.14. The topological polar surface area (TPSA) is 55.1 Å². The van der Waals surface area contributed by atoms with Crippen LogP contribution in [0.3, 0.4) is 0 Å². The van der Waals surface area contributed by atoms with Gasteiger partial charge in [0.2, 0.25) is 0 Å². The fourth-order valence-corrected chi connectivity index (χ4v) is 2.29. The maximum absolute atomic E-state index is 13.2.